The second kappa shape index (κ2) is 6.04. The molecule has 0 spiro atoms. The number of aromatic hydroxyl groups is 1. The number of nitrogens with zero attached hydrogens (tertiary/aromatic N) is 2. The molecule has 1 aliphatic heterocycles. The van der Waals surface area contributed by atoms with Gasteiger partial charge in [0, 0.05) is 26.2 Å². The van der Waals surface area contributed by atoms with Gasteiger partial charge >= 0.3 is 0 Å². The lowest BCUT2D eigenvalue weighted by atomic mass is 10.1. The number of piperazine rings is 1. The van der Waals surface area contributed by atoms with Crippen molar-refractivity contribution in [3.63, 3.8) is 0 Å². The van der Waals surface area contributed by atoms with Gasteiger partial charge < -0.3 is 20.0 Å². The van der Waals surface area contributed by atoms with Crippen LogP contribution in [0, 0.1) is 11.6 Å². The van der Waals surface area contributed by atoms with Crippen LogP contribution in [0.3, 0.4) is 0 Å². The minimum Gasteiger partial charge on any atom is -0.505 e. The van der Waals surface area contributed by atoms with Crippen molar-refractivity contribution in [2.24, 2.45) is 0 Å². The third-order valence-electron chi connectivity index (χ3n) is 3.34. The summed E-state index contributed by atoms with van der Waals surface area (Å²) in [7, 11) is 0. The maximum Gasteiger partial charge on any atom is 0.260 e. The Bertz CT molecular complexity index is 572. The number of rotatable bonds is 2. The highest BCUT2D eigenvalue weighted by Gasteiger charge is 2.29. The van der Waals surface area contributed by atoms with E-state index in [0.717, 1.165) is 12.1 Å². The van der Waals surface area contributed by atoms with E-state index in [1.807, 2.05) is 0 Å². The first-order valence-corrected chi connectivity index (χ1v) is 6.30. The van der Waals surface area contributed by atoms with Gasteiger partial charge in [0.1, 0.15) is 18.0 Å². The number of amides is 2. The van der Waals surface area contributed by atoms with Crippen LogP contribution in [0.4, 0.5) is 8.78 Å². The van der Waals surface area contributed by atoms with E-state index >= 15 is 0 Å². The summed E-state index contributed by atoms with van der Waals surface area (Å²) in [6.07, 6.45) is 0. The smallest absolute Gasteiger partial charge is 0.260 e. The van der Waals surface area contributed by atoms with Crippen LogP contribution in [0.2, 0.25) is 0 Å². The predicted octanol–water partition coefficient (Wildman–Crippen LogP) is -0.0529. The van der Waals surface area contributed by atoms with Crippen LogP contribution in [0.25, 0.3) is 0 Å². The van der Waals surface area contributed by atoms with Gasteiger partial charge in [0.15, 0.2) is 11.6 Å². The van der Waals surface area contributed by atoms with Crippen LogP contribution < -0.4 is 0 Å². The van der Waals surface area contributed by atoms with Crippen LogP contribution >= 0.6 is 0 Å². The number of aliphatic hydroxyl groups excluding tert-OH is 1. The van der Waals surface area contributed by atoms with Crippen LogP contribution in [-0.4, -0.2) is 64.6 Å². The molecule has 2 N–H and O–H groups in total. The molecule has 8 heteroatoms. The number of halogens is 2. The molecule has 0 radical (unpaired) electrons. The van der Waals surface area contributed by atoms with Gasteiger partial charge in [0.05, 0.1) is 0 Å². The molecule has 0 saturated carbocycles. The number of hydrogen-bond acceptors (Lipinski definition) is 4. The van der Waals surface area contributed by atoms with Crippen molar-refractivity contribution < 1.29 is 28.6 Å². The molecule has 1 aromatic carbocycles. The summed E-state index contributed by atoms with van der Waals surface area (Å²) < 4.78 is 27.3. The number of phenolic OH excluding ortho intramolecular Hbond substituents is 1. The fraction of sp³-hybridized carbons (Fsp3) is 0.385. The summed E-state index contributed by atoms with van der Waals surface area (Å²) in [5, 5.41) is 18.0. The molecule has 114 valence electrons. The molecular formula is C13H14F2N2O4. The third kappa shape index (κ3) is 2.94. The summed E-state index contributed by atoms with van der Waals surface area (Å²) in [5.41, 5.74) is -0.808. The van der Waals surface area contributed by atoms with Gasteiger partial charge in [-0.2, -0.15) is 0 Å². The normalized spacial score (nSPS) is 15.2. The number of hydrogen-bond donors (Lipinski definition) is 2. The van der Waals surface area contributed by atoms with Gasteiger partial charge in [-0.3, -0.25) is 9.59 Å². The van der Waals surface area contributed by atoms with E-state index in [4.69, 9.17) is 5.11 Å². The first-order chi connectivity index (χ1) is 9.95. The second-order valence-electron chi connectivity index (χ2n) is 4.59. The van der Waals surface area contributed by atoms with E-state index in [1.165, 1.54) is 9.80 Å². The first-order valence-electron chi connectivity index (χ1n) is 6.30. The highest BCUT2D eigenvalue weighted by atomic mass is 19.1. The Balaban J connectivity index is 2.13. The molecule has 1 fully saturated rings. The van der Waals surface area contributed by atoms with Crippen molar-refractivity contribution in [1.29, 1.82) is 0 Å². The molecule has 0 unspecified atom stereocenters. The minimum atomic E-state index is -1.30. The summed E-state index contributed by atoms with van der Waals surface area (Å²) in [5.74, 6) is -4.49. The van der Waals surface area contributed by atoms with Crippen molar-refractivity contribution in [2.75, 3.05) is 32.8 Å². The largest absolute Gasteiger partial charge is 0.505 e. The molecule has 6 nitrogen and oxygen atoms in total. The van der Waals surface area contributed by atoms with Crippen LogP contribution in [-0.2, 0) is 4.79 Å². The molecule has 0 aromatic heterocycles. The van der Waals surface area contributed by atoms with Crippen LogP contribution in [0.15, 0.2) is 12.1 Å². The SMILES string of the molecule is O=C(CO)N1CCN(C(=O)c2c(F)ccc(O)c2F)CC1. The maximum absolute atomic E-state index is 13.7. The zero-order valence-electron chi connectivity index (χ0n) is 11.1. The molecule has 1 saturated heterocycles. The van der Waals surface area contributed by atoms with Gasteiger partial charge in [-0.1, -0.05) is 0 Å². The highest BCUT2D eigenvalue weighted by molar-refractivity contribution is 5.95. The zero-order chi connectivity index (χ0) is 15.6. The number of carbonyl (C=O) groups excluding carboxylic acids is 2. The molecule has 0 atom stereocenters. The lowest BCUT2D eigenvalue weighted by Gasteiger charge is -2.34. The summed E-state index contributed by atoms with van der Waals surface area (Å²) in [6, 6.07) is 1.65. The van der Waals surface area contributed by atoms with Gasteiger partial charge in [-0.05, 0) is 12.1 Å². The number of phenols is 1. The Hall–Kier alpha value is -2.22. The van der Waals surface area contributed by atoms with Crippen LogP contribution in [0.5, 0.6) is 5.75 Å². The second-order valence-corrected chi connectivity index (χ2v) is 4.59. The molecule has 0 bridgehead atoms. The van der Waals surface area contributed by atoms with E-state index < -0.39 is 41.4 Å². The molecule has 1 heterocycles. The average molecular weight is 300 g/mol. The van der Waals surface area contributed by atoms with Crippen molar-refractivity contribution >= 4 is 11.8 Å². The van der Waals surface area contributed by atoms with E-state index in [2.05, 4.69) is 0 Å². The van der Waals surface area contributed by atoms with Crippen LogP contribution in [0.1, 0.15) is 10.4 Å². The monoisotopic (exact) mass is 300 g/mol. The molecule has 21 heavy (non-hydrogen) atoms. The first kappa shape index (κ1) is 15.2. The quantitative estimate of drug-likeness (QED) is 0.802. The fourth-order valence-electron chi connectivity index (χ4n) is 2.15. The highest BCUT2D eigenvalue weighted by Crippen LogP contribution is 2.23. The Morgan fingerprint density at radius 2 is 1.67 bits per heavy atom. The van der Waals surface area contributed by atoms with Crippen molar-refractivity contribution in [2.45, 2.75) is 0 Å². The Morgan fingerprint density at radius 3 is 2.24 bits per heavy atom. The summed E-state index contributed by atoms with van der Waals surface area (Å²) in [4.78, 5) is 26.0. The van der Waals surface area contributed by atoms with E-state index in [-0.39, 0.29) is 26.2 Å². The van der Waals surface area contributed by atoms with Crippen molar-refractivity contribution in [3.05, 3.63) is 29.3 Å². The summed E-state index contributed by atoms with van der Waals surface area (Å²) in [6.45, 7) is -0.0810. The Labute approximate surface area is 119 Å². The minimum absolute atomic E-state index is 0.0963. The zero-order valence-corrected chi connectivity index (χ0v) is 11.1. The number of benzene rings is 1. The molecule has 1 aliphatic rings. The van der Waals surface area contributed by atoms with Gasteiger partial charge in [-0.15, -0.1) is 0 Å². The fourth-order valence-corrected chi connectivity index (χ4v) is 2.15. The Kier molecular flexibility index (Phi) is 4.37. The number of aliphatic hydroxyl groups is 1. The maximum atomic E-state index is 13.7. The van der Waals surface area contributed by atoms with Crippen molar-refractivity contribution in [1.82, 2.24) is 9.80 Å². The lowest BCUT2D eigenvalue weighted by Crippen LogP contribution is -2.51. The lowest BCUT2D eigenvalue weighted by molar-refractivity contribution is -0.135. The van der Waals surface area contributed by atoms with Gasteiger partial charge in [-0.25, -0.2) is 8.78 Å². The Morgan fingerprint density at radius 1 is 1.10 bits per heavy atom. The molecular weight excluding hydrogens is 286 g/mol. The summed E-state index contributed by atoms with van der Waals surface area (Å²) >= 11 is 0. The molecule has 0 aliphatic carbocycles. The van der Waals surface area contributed by atoms with E-state index in [0.29, 0.717) is 0 Å². The van der Waals surface area contributed by atoms with E-state index in [9.17, 15) is 23.5 Å². The number of carbonyl (C=O) groups is 2. The average Bonchev–Trinajstić information content (AvgIpc) is 2.50. The molecule has 2 amide bonds. The van der Waals surface area contributed by atoms with Gasteiger partial charge in [0.2, 0.25) is 5.91 Å². The van der Waals surface area contributed by atoms with E-state index in [1.54, 1.807) is 0 Å². The third-order valence-corrected chi connectivity index (χ3v) is 3.34. The molecule has 1 aromatic rings. The topological polar surface area (TPSA) is 81.1 Å². The predicted molar refractivity (Wildman–Crippen MR) is 67.6 cm³/mol. The standard InChI is InChI=1S/C13H14F2N2O4/c14-8-1-2-9(19)12(15)11(8)13(21)17-5-3-16(4-6-17)10(20)7-18/h1-2,18-19H,3-7H2. The van der Waals surface area contributed by atoms with Crippen molar-refractivity contribution in [3.8, 4) is 5.75 Å². The van der Waals surface area contributed by atoms with Gasteiger partial charge in [0.25, 0.3) is 5.91 Å². The molecule has 2 rings (SSSR count).